The zero-order chi connectivity index (χ0) is 23.9. The number of aromatic nitrogens is 1. The van der Waals surface area contributed by atoms with E-state index in [0.717, 1.165) is 36.9 Å². The Hall–Kier alpha value is -3.32. The molecule has 4 rings (SSSR count). The smallest absolute Gasteiger partial charge is 0.247 e. The first kappa shape index (κ1) is 23.8. The largest absolute Gasteiger partial charge is 0.332 e. The van der Waals surface area contributed by atoms with Gasteiger partial charge < -0.3 is 4.90 Å². The van der Waals surface area contributed by atoms with Gasteiger partial charge in [0.05, 0.1) is 11.4 Å². The highest BCUT2D eigenvalue weighted by Gasteiger charge is 2.24. The third-order valence-corrected chi connectivity index (χ3v) is 6.84. The second-order valence-corrected chi connectivity index (χ2v) is 9.30. The lowest BCUT2D eigenvalue weighted by molar-refractivity contribution is -0.129. The molecule has 1 saturated carbocycles. The average Bonchev–Trinajstić information content (AvgIpc) is 3.31. The fourth-order valence-corrected chi connectivity index (χ4v) is 5.13. The van der Waals surface area contributed by atoms with Crippen molar-refractivity contribution in [3.05, 3.63) is 83.1 Å². The Bertz CT molecular complexity index is 1140. The molecule has 1 fully saturated rings. The van der Waals surface area contributed by atoms with Crippen LogP contribution in [0.5, 0.6) is 0 Å². The summed E-state index contributed by atoms with van der Waals surface area (Å²) >= 11 is 1.36. The molecule has 1 heterocycles. The minimum Gasteiger partial charge on any atom is -0.332 e. The molecule has 5 nitrogen and oxygen atoms in total. The molecule has 34 heavy (non-hydrogen) atoms. The predicted octanol–water partition coefficient (Wildman–Crippen LogP) is 6.34. The van der Waals surface area contributed by atoms with Crippen LogP contribution in [0, 0.1) is 5.82 Å². The molecular formula is C27H28FN3O2S. The number of anilines is 2. The first-order valence-electron chi connectivity index (χ1n) is 11.6. The van der Waals surface area contributed by atoms with Crippen LogP contribution < -0.4 is 4.90 Å². The first-order valence-corrected chi connectivity index (χ1v) is 12.4. The number of para-hydroxylation sites is 1. The Morgan fingerprint density at radius 2 is 1.76 bits per heavy atom. The van der Waals surface area contributed by atoms with Crippen molar-refractivity contribution in [1.29, 1.82) is 0 Å². The standard InChI is InChI=1S/C27H28FN3O2S/c1-20(32)31(25-10-6-3-7-11-25)27-29-23(19-34-27)16-17-26(33)30(24-8-4-2-5-9-24)18-21-12-14-22(28)15-13-21/h3,6-7,10-17,19,24H,2,4-5,8-9,18H2,1H3. The van der Waals surface area contributed by atoms with Gasteiger partial charge in [-0.3, -0.25) is 14.5 Å². The predicted molar refractivity (Wildman–Crippen MR) is 134 cm³/mol. The number of hydrogen-bond acceptors (Lipinski definition) is 4. The number of halogens is 1. The molecule has 0 N–H and O–H groups in total. The summed E-state index contributed by atoms with van der Waals surface area (Å²) in [4.78, 5) is 33.5. The van der Waals surface area contributed by atoms with E-state index in [1.807, 2.05) is 40.6 Å². The van der Waals surface area contributed by atoms with Crippen LogP contribution in [0.25, 0.3) is 6.08 Å². The van der Waals surface area contributed by atoms with Gasteiger partial charge in [-0.2, -0.15) is 0 Å². The van der Waals surface area contributed by atoms with E-state index in [1.54, 1.807) is 29.2 Å². The number of carbonyl (C=O) groups is 2. The summed E-state index contributed by atoms with van der Waals surface area (Å²) in [5.74, 6) is -0.499. The van der Waals surface area contributed by atoms with Crippen LogP contribution in [-0.2, 0) is 16.1 Å². The first-order chi connectivity index (χ1) is 16.5. The second kappa shape index (κ2) is 11.2. The molecular weight excluding hydrogens is 449 g/mol. The molecule has 1 aromatic heterocycles. The summed E-state index contributed by atoms with van der Waals surface area (Å²) in [5, 5.41) is 2.39. The van der Waals surface area contributed by atoms with Crippen LogP contribution in [0.15, 0.2) is 66.1 Å². The highest BCUT2D eigenvalue weighted by Crippen LogP contribution is 2.29. The second-order valence-electron chi connectivity index (χ2n) is 8.46. The number of carbonyl (C=O) groups excluding carboxylic acids is 2. The molecule has 7 heteroatoms. The number of benzene rings is 2. The molecule has 0 aliphatic heterocycles. The van der Waals surface area contributed by atoms with E-state index in [1.165, 1.54) is 36.8 Å². The third kappa shape index (κ3) is 5.97. The lowest BCUT2D eigenvalue weighted by Gasteiger charge is -2.34. The molecule has 0 radical (unpaired) electrons. The maximum Gasteiger partial charge on any atom is 0.247 e. The van der Waals surface area contributed by atoms with Gasteiger partial charge in [0.25, 0.3) is 0 Å². The van der Waals surface area contributed by atoms with Crippen molar-refractivity contribution in [3.63, 3.8) is 0 Å². The highest BCUT2D eigenvalue weighted by molar-refractivity contribution is 7.14. The van der Waals surface area contributed by atoms with Crippen molar-refractivity contribution in [1.82, 2.24) is 9.88 Å². The summed E-state index contributed by atoms with van der Waals surface area (Å²) in [6.45, 7) is 1.95. The van der Waals surface area contributed by atoms with E-state index < -0.39 is 0 Å². The molecule has 0 atom stereocenters. The summed E-state index contributed by atoms with van der Waals surface area (Å²) in [6.07, 6.45) is 8.62. The van der Waals surface area contributed by atoms with Gasteiger partial charge >= 0.3 is 0 Å². The van der Waals surface area contributed by atoms with Gasteiger partial charge in [0, 0.05) is 31.0 Å². The Kier molecular flexibility index (Phi) is 7.85. The van der Waals surface area contributed by atoms with Crippen LogP contribution in [0.3, 0.4) is 0 Å². The molecule has 0 spiro atoms. The topological polar surface area (TPSA) is 53.5 Å². The number of hydrogen-bond donors (Lipinski definition) is 0. The van der Waals surface area contributed by atoms with Crippen molar-refractivity contribution in [2.75, 3.05) is 4.90 Å². The SMILES string of the molecule is CC(=O)N(c1ccccc1)c1nc(C=CC(=O)N(Cc2ccc(F)cc2)C2CCCCC2)cs1. The molecule has 2 amide bonds. The van der Waals surface area contributed by atoms with Gasteiger partial charge in [-0.1, -0.05) is 49.6 Å². The van der Waals surface area contributed by atoms with E-state index in [2.05, 4.69) is 4.98 Å². The van der Waals surface area contributed by atoms with Gasteiger partial charge in [0.2, 0.25) is 11.8 Å². The number of rotatable bonds is 7. The van der Waals surface area contributed by atoms with Gasteiger partial charge in [-0.05, 0) is 48.7 Å². The lowest BCUT2D eigenvalue weighted by atomic mass is 9.93. The van der Waals surface area contributed by atoms with E-state index in [4.69, 9.17) is 0 Å². The molecule has 2 aromatic carbocycles. The van der Waals surface area contributed by atoms with Gasteiger partial charge in [-0.15, -0.1) is 11.3 Å². The average molecular weight is 478 g/mol. The monoisotopic (exact) mass is 477 g/mol. The van der Waals surface area contributed by atoms with E-state index in [-0.39, 0.29) is 23.7 Å². The van der Waals surface area contributed by atoms with Crippen molar-refractivity contribution in [2.24, 2.45) is 0 Å². The number of amides is 2. The molecule has 3 aromatic rings. The highest BCUT2D eigenvalue weighted by atomic mass is 32.1. The van der Waals surface area contributed by atoms with Crippen LogP contribution >= 0.6 is 11.3 Å². The normalized spacial score (nSPS) is 14.3. The number of thiazole rings is 1. The Balaban J connectivity index is 1.51. The molecule has 0 saturated heterocycles. The maximum atomic E-state index is 13.3. The van der Waals surface area contributed by atoms with Gasteiger partial charge in [-0.25, -0.2) is 9.37 Å². The Morgan fingerprint density at radius 1 is 1.06 bits per heavy atom. The van der Waals surface area contributed by atoms with Gasteiger partial charge in [0.1, 0.15) is 5.82 Å². The number of nitrogens with zero attached hydrogens (tertiary/aromatic N) is 3. The maximum absolute atomic E-state index is 13.3. The summed E-state index contributed by atoms with van der Waals surface area (Å²) in [7, 11) is 0. The van der Waals surface area contributed by atoms with Crippen LogP contribution in [-0.4, -0.2) is 27.7 Å². The summed E-state index contributed by atoms with van der Waals surface area (Å²) in [5.41, 5.74) is 2.28. The quantitative estimate of drug-likeness (QED) is 0.373. The lowest BCUT2D eigenvalue weighted by Crippen LogP contribution is -2.40. The van der Waals surface area contributed by atoms with Crippen molar-refractivity contribution in [2.45, 2.75) is 51.6 Å². The fraction of sp³-hybridized carbons (Fsp3) is 0.296. The van der Waals surface area contributed by atoms with E-state index in [0.29, 0.717) is 17.4 Å². The van der Waals surface area contributed by atoms with Crippen LogP contribution in [0.4, 0.5) is 15.2 Å². The molecule has 176 valence electrons. The summed E-state index contributed by atoms with van der Waals surface area (Å²) in [6, 6.07) is 15.9. The molecule has 0 unspecified atom stereocenters. The Morgan fingerprint density at radius 3 is 2.44 bits per heavy atom. The van der Waals surface area contributed by atoms with E-state index >= 15 is 0 Å². The minimum atomic E-state index is -0.284. The van der Waals surface area contributed by atoms with Crippen molar-refractivity contribution in [3.8, 4) is 0 Å². The third-order valence-electron chi connectivity index (χ3n) is 5.99. The zero-order valence-corrected chi connectivity index (χ0v) is 20.0. The minimum absolute atomic E-state index is 0.0859. The van der Waals surface area contributed by atoms with Crippen molar-refractivity contribution < 1.29 is 14.0 Å². The van der Waals surface area contributed by atoms with Crippen LogP contribution in [0.1, 0.15) is 50.3 Å². The fourth-order valence-electron chi connectivity index (χ4n) is 4.28. The van der Waals surface area contributed by atoms with Gasteiger partial charge in [0.15, 0.2) is 5.13 Å². The Labute approximate surface area is 203 Å². The van der Waals surface area contributed by atoms with E-state index in [9.17, 15) is 14.0 Å². The summed E-state index contributed by atoms with van der Waals surface area (Å²) < 4.78 is 13.3. The zero-order valence-electron chi connectivity index (χ0n) is 19.2. The molecule has 0 bridgehead atoms. The van der Waals surface area contributed by atoms with Crippen LogP contribution in [0.2, 0.25) is 0 Å². The molecule has 1 aliphatic carbocycles. The molecule has 1 aliphatic rings. The van der Waals surface area contributed by atoms with Crippen molar-refractivity contribution >= 4 is 40.0 Å².